The van der Waals surface area contributed by atoms with Gasteiger partial charge >= 0.3 is 0 Å². The van der Waals surface area contributed by atoms with Crippen molar-refractivity contribution < 1.29 is 4.79 Å². The van der Waals surface area contributed by atoms with Gasteiger partial charge in [0.1, 0.15) is 0 Å². The monoisotopic (exact) mass is 227 g/mol. The number of benzene rings is 1. The van der Waals surface area contributed by atoms with Crippen LogP contribution < -0.4 is 5.43 Å². The van der Waals surface area contributed by atoms with Crippen molar-refractivity contribution in [3.63, 3.8) is 0 Å². The molecule has 1 aromatic carbocycles. The van der Waals surface area contributed by atoms with E-state index in [1.165, 1.54) is 0 Å². The number of carbonyl (C=O) groups excluding carboxylic acids is 1. The minimum Gasteiger partial charge on any atom is -0.347 e. The van der Waals surface area contributed by atoms with E-state index >= 15 is 0 Å². The molecule has 1 heterocycles. The smallest absolute Gasteiger partial charge is 0.200 e. The first-order valence-corrected chi connectivity index (χ1v) is 5.84. The lowest BCUT2D eigenvalue weighted by Crippen LogP contribution is -2.26. The second-order valence-electron chi connectivity index (χ2n) is 4.50. The number of rotatable bonds is 0. The number of hydrogen-bond donors (Lipinski definition) is 0. The maximum Gasteiger partial charge on any atom is 0.200 e. The Bertz CT molecular complexity index is 682. The van der Waals surface area contributed by atoms with E-state index in [0.29, 0.717) is 17.4 Å². The van der Waals surface area contributed by atoms with E-state index in [0.717, 1.165) is 24.1 Å². The molecule has 3 nitrogen and oxygen atoms in total. The van der Waals surface area contributed by atoms with Crippen molar-refractivity contribution in [3.05, 3.63) is 45.7 Å². The molecule has 86 valence electrons. The topological polar surface area (TPSA) is 39.1 Å². The number of Topliss-reactive ketones (excluding diaryl/α,β-unsaturated/α-hetero) is 1. The van der Waals surface area contributed by atoms with Crippen LogP contribution in [0.1, 0.15) is 28.9 Å². The van der Waals surface area contributed by atoms with Crippen LogP contribution in [0.2, 0.25) is 0 Å². The Hall–Kier alpha value is -1.90. The van der Waals surface area contributed by atoms with Gasteiger partial charge in [0.25, 0.3) is 0 Å². The molecule has 2 aromatic rings. The van der Waals surface area contributed by atoms with Gasteiger partial charge in [0, 0.05) is 24.5 Å². The summed E-state index contributed by atoms with van der Waals surface area (Å²) in [6.45, 7) is 0. The van der Waals surface area contributed by atoms with E-state index in [-0.39, 0.29) is 11.2 Å². The third-order valence-corrected chi connectivity index (χ3v) is 3.53. The van der Waals surface area contributed by atoms with E-state index in [1.807, 2.05) is 29.8 Å². The lowest BCUT2D eigenvalue weighted by Gasteiger charge is -2.19. The van der Waals surface area contributed by atoms with Crippen LogP contribution in [0, 0.1) is 0 Å². The fraction of sp³-hybridized carbons (Fsp3) is 0.286. The van der Waals surface area contributed by atoms with Crippen molar-refractivity contribution in [1.82, 2.24) is 4.57 Å². The zero-order valence-electron chi connectivity index (χ0n) is 9.69. The molecule has 0 amide bonds. The van der Waals surface area contributed by atoms with Crippen LogP contribution in [0.3, 0.4) is 0 Å². The average Bonchev–Trinajstić information content (AvgIpc) is 2.36. The molecule has 0 bridgehead atoms. The number of fused-ring (bicyclic) bond motifs is 2. The highest BCUT2D eigenvalue weighted by molar-refractivity contribution is 6.01. The number of carbonyl (C=O) groups is 1. The maximum absolute atomic E-state index is 12.3. The summed E-state index contributed by atoms with van der Waals surface area (Å²) in [6, 6.07) is 7.47. The van der Waals surface area contributed by atoms with Crippen molar-refractivity contribution in [3.8, 4) is 0 Å². The molecule has 0 spiro atoms. The quantitative estimate of drug-likeness (QED) is 0.691. The average molecular weight is 227 g/mol. The molecule has 0 radical (unpaired) electrons. The van der Waals surface area contributed by atoms with Crippen LogP contribution in [0.5, 0.6) is 0 Å². The Kier molecular flexibility index (Phi) is 2.15. The molecule has 0 atom stereocenters. The summed E-state index contributed by atoms with van der Waals surface area (Å²) in [5.74, 6) is -0.00222. The highest BCUT2D eigenvalue weighted by Crippen LogP contribution is 2.22. The van der Waals surface area contributed by atoms with Crippen LogP contribution in [-0.2, 0) is 13.5 Å². The number of pyridine rings is 1. The van der Waals surface area contributed by atoms with E-state index in [9.17, 15) is 9.59 Å². The Morgan fingerprint density at radius 3 is 2.71 bits per heavy atom. The molecule has 0 aliphatic heterocycles. The molecular weight excluding hydrogens is 214 g/mol. The number of ketones is 1. The molecule has 3 heteroatoms. The lowest BCUT2D eigenvalue weighted by atomic mass is 9.92. The van der Waals surface area contributed by atoms with Gasteiger partial charge in [-0.1, -0.05) is 12.1 Å². The van der Waals surface area contributed by atoms with Gasteiger partial charge in [0.15, 0.2) is 11.2 Å². The lowest BCUT2D eigenvalue weighted by molar-refractivity contribution is 0.0970. The number of para-hydroxylation sites is 1. The first-order valence-electron chi connectivity index (χ1n) is 5.84. The molecule has 0 saturated heterocycles. The van der Waals surface area contributed by atoms with Crippen LogP contribution >= 0.6 is 0 Å². The van der Waals surface area contributed by atoms with E-state index in [2.05, 4.69) is 0 Å². The SMILES string of the molecule is Cn1c2c(c(=O)c3ccccc31)C(=O)CCC2. The molecule has 17 heavy (non-hydrogen) atoms. The molecule has 0 fully saturated rings. The van der Waals surface area contributed by atoms with Gasteiger partial charge in [-0.2, -0.15) is 0 Å². The fourth-order valence-corrected chi connectivity index (χ4v) is 2.66. The molecular formula is C14H13NO2. The molecule has 1 aromatic heterocycles. The maximum atomic E-state index is 12.3. The number of aryl methyl sites for hydroxylation is 1. The molecule has 3 rings (SSSR count). The molecule has 0 unspecified atom stereocenters. The molecule has 0 N–H and O–H groups in total. The number of nitrogens with zero attached hydrogens (tertiary/aromatic N) is 1. The van der Waals surface area contributed by atoms with Crippen LogP contribution in [0.15, 0.2) is 29.1 Å². The minimum atomic E-state index is -0.0987. The van der Waals surface area contributed by atoms with Gasteiger partial charge in [-0.05, 0) is 25.0 Å². The van der Waals surface area contributed by atoms with Crippen LogP contribution in [-0.4, -0.2) is 10.4 Å². The van der Waals surface area contributed by atoms with Crippen LogP contribution in [0.4, 0.5) is 0 Å². The zero-order valence-corrected chi connectivity index (χ0v) is 9.69. The van der Waals surface area contributed by atoms with Gasteiger partial charge in [0.05, 0.1) is 11.1 Å². The molecule has 0 saturated carbocycles. The van der Waals surface area contributed by atoms with E-state index < -0.39 is 0 Å². The van der Waals surface area contributed by atoms with Crippen molar-refractivity contribution in [2.45, 2.75) is 19.3 Å². The van der Waals surface area contributed by atoms with E-state index in [1.54, 1.807) is 6.07 Å². The summed E-state index contributed by atoms with van der Waals surface area (Å²) in [4.78, 5) is 24.2. The summed E-state index contributed by atoms with van der Waals surface area (Å²) < 4.78 is 1.99. The second kappa shape index (κ2) is 3.55. The largest absolute Gasteiger partial charge is 0.347 e. The predicted molar refractivity (Wildman–Crippen MR) is 66.5 cm³/mol. The summed E-state index contributed by atoms with van der Waals surface area (Å²) in [6.07, 6.45) is 2.16. The van der Waals surface area contributed by atoms with E-state index in [4.69, 9.17) is 0 Å². The van der Waals surface area contributed by atoms with Gasteiger partial charge in [-0.15, -0.1) is 0 Å². The molecule has 1 aliphatic carbocycles. The summed E-state index contributed by atoms with van der Waals surface area (Å²) in [7, 11) is 1.93. The Morgan fingerprint density at radius 2 is 1.88 bits per heavy atom. The highest BCUT2D eigenvalue weighted by atomic mass is 16.1. The van der Waals surface area contributed by atoms with Crippen molar-refractivity contribution in [2.75, 3.05) is 0 Å². The zero-order chi connectivity index (χ0) is 12.0. The third-order valence-electron chi connectivity index (χ3n) is 3.53. The summed E-state index contributed by atoms with van der Waals surface area (Å²) in [5.41, 5.74) is 2.12. The third kappa shape index (κ3) is 1.35. The number of aromatic nitrogens is 1. The van der Waals surface area contributed by atoms with Crippen LogP contribution in [0.25, 0.3) is 10.9 Å². The van der Waals surface area contributed by atoms with Gasteiger partial charge in [-0.3, -0.25) is 9.59 Å². The Labute approximate surface area is 98.7 Å². The first kappa shape index (κ1) is 10.3. The second-order valence-corrected chi connectivity index (χ2v) is 4.50. The summed E-state index contributed by atoms with van der Waals surface area (Å²) in [5, 5.41) is 0.643. The summed E-state index contributed by atoms with van der Waals surface area (Å²) >= 11 is 0. The fourth-order valence-electron chi connectivity index (χ4n) is 2.66. The molecule has 1 aliphatic rings. The van der Waals surface area contributed by atoms with Gasteiger partial charge < -0.3 is 4.57 Å². The van der Waals surface area contributed by atoms with Crippen molar-refractivity contribution in [2.24, 2.45) is 7.05 Å². The van der Waals surface area contributed by atoms with Crippen molar-refractivity contribution in [1.29, 1.82) is 0 Å². The van der Waals surface area contributed by atoms with Gasteiger partial charge in [0.2, 0.25) is 0 Å². The Morgan fingerprint density at radius 1 is 1.12 bits per heavy atom. The highest BCUT2D eigenvalue weighted by Gasteiger charge is 2.23. The normalized spacial score (nSPS) is 15.0. The standard InChI is InChI=1S/C14H13NO2/c1-15-10-6-3-2-5-9(10)14(17)13-11(15)7-4-8-12(13)16/h2-3,5-6H,4,7-8H2,1H3. The first-order chi connectivity index (χ1) is 8.20. The van der Waals surface area contributed by atoms with Gasteiger partial charge in [-0.25, -0.2) is 0 Å². The van der Waals surface area contributed by atoms with Crippen molar-refractivity contribution >= 4 is 16.7 Å². The Balaban J connectivity index is 2.53. The minimum absolute atomic E-state index is 0.00222. The number of hydrogen-bond acceptors (Lipinski definition) is 2. The predicted octanol–water partition coefficient (Wildman–Crippen LogP) is 2.06.